The molecule has 7 nitrogen and oxygen atoms in total. The van der Waals surface area contributed by atoms with E-state index in [1.54, 1.807) is 6.20 Å². The van der Waals surface area contributed by atoms with Gasteiger partial charge in [0.1, 0.15) is 0 Å². The van der Waals surface area contributed by atoms with Crippen LogP contribution in [-0.4, -0.2) is 52.4 Å². The minimum absolute atomic E-state index is 0.289. The Morgan fingerprint density at radius 3 is 3.00 bits per heavy atom. The van der Waals surface area contributed by atoms with Gasteiger partial charge in [0.2, 0.25) is 5.95 Å². The molecule has 3 rings (SSSR count). The van der Waals surface area contributed by atoms with E-state index in [0.717, 1.165) is 24.2 Å². The van der Waals surface area contributed by atoms with Crippen LogP contribution < -0.4 is 5.73 Å². The maximum Gasteiger partial charge on any atom is 0.220 e. The van der Waals surface area contributed by atoms with Crippen molar-refractivity contribution in [3.63, 3.8) is 0 Å². The molecule has 1 unspecified atom stereocenters. The van der Waals surface area contributed by atoms with Gasteiger partial charge in [-0.3, -0.25) is 4.90 Å². The normalized spacial score (nSPS) is 22.1. The summed E-state index contributed by atoms with van der Waals surface area (Å²) in [7, 11) is 0. The van der Waals surface area contributed by atoms with Gasteiger partial charge in [-0.25, -0.2) is 9.97 Å². The highest BCUT2D eigenvalue weighted by Crippen LogP contribution is 2.35. The maximum absolute atomic E-state index is 10.5. The molecule has 3 N–H and O–H groups in total. The molecule has 1 aromatic heterocycles. The van der Waals surface area contributed by atoms with Gasteiger partial charge in [-0.2, -0.15) is 5.26 Å². The minimum atomic E-state index is -0.520. The Bertz CT molecular complexity index is 595. The van der Waals surface area contributed by atoms with Gasteiger partial charge in [-0.1, -0.05) is 0 Å². The number of hydrogen-bond acceptors (Lipinski definition) is 7. The molecule has 1 aromatic rings. The van der Waals surface area contributed by atoms with E-state index in [2.05, 4.69) is 20.9 Å². The highest BCUT2D eigenvalue weighted by molar-refractivity contribution is 5.27. The smallest absolute Gasteiger partial charge is 0.220 e. The first-order valence-corrected chi connectivity index (χ1v) is 8.10. The van der Waals surface area contributed by atoms with Crippen LogP contribution in [0.5, 0.6) is 0 Å². The molecular formula is C16H23N5O2. The quantitative estimate of drug-likeness (QED) is 0.831. The maximum atomic E-state index is 10.5. The van der Waals surface area contributed by atoms with Gasteiger partial charge in [0.15, 0.2) is 0 Å². The van der Waals surface area contributed by atoms with Crippen LogP contribution in [-0.2, 0) is 17.7 Å². The molecule has 0 aromatic carbocycles. The summed E-state index contributed by atoms with van der Waals surface area (Å²) in [6.45, 7) is 3.29. The standard InChI is InChI=1S/C16H23N5O2/c17-11-16(2-5-23-6-3-16)7-13(22)9-21-4-1-12-8-19-15(18)20-14(12)10-21/h8,13,22H,1-7,9-10H2,(H2,18,19,20). The van der Waals surface area contributed by atoms with Gasteiger partial charge in [0.05, 0.1) is 23.3 Å². The van der Waals surface area contributed by atoms with Gasteiger partial charge in [-0.15, -0.1) is 0 Å². The zero-order valence-corrected chi connectivity index (χ0v) is 13.2. The number of nitrogen functional groups attached to an aromatic ring is 1. The van der Waals surface area contributed by atoms with E-state index >= 15 is 0 Å². The molecule has 1 atom stereocenters. The van der Waals surface area contributed by atoms with Crippen LogP contribution in [0.2, 0.25) is 0 Å². The summed E-state index contributed by atoms with van der Waals surface area (Å²) in [6.07, 6.45) is 4.04. The Morgan fingerprint density at radius 2 is 2.26 bits per heavy atom. The van der Waals surface area contributed by atoms with Crippen molar-refractivity contribution in [1.29, 1.82) is 5.26 Å². The number of aromatic nitrogens is 2. The fourth-order valence-corrected chi connectivity index (χ4v) is 3.47. The van der Waals surface area contributed by atoms with Crippen LogP contribution in [0.3, 0.4) is 0 Å². The van der Waals surface area contributed by atoms with E-state index in [4.69, 9.17) is 10.5 Å². The zero-order chi connectivity index (χ0) is 16.3. The number of anilines is 1. The van der Waals surface area contributed by atoms with Gasteiger partial charge in [0.25, 0.3) is 0 Å². The number of nitriles is 1. The van der Waals surface area contributed by atoms with Crippen LogP contribution in [0.15, 0.2) is 6.20 Å². The van der Waals surface area contributed by atoms with E-state index < -0.39 is 11.5 Å². The summed E-state index contributed by atoms with van der Waals surface area (Å²) in [5.74, 6) is 0.289. The average Bonchev–Trinajstić information content (AvgIpc) is 2.55. The predicted octanol–water partition coefficient (Wildman–Crippen LogP) is 0.488. The van der Waals surface area contributed by atoms with E-state index in [-0.39, 0.29) is 5.95 Å². The van der Waals surface area contributed by atoms with Gasteiger partial charge < -0.3 is 15.6 Å². The molecule has 2 aliphatic rings. The molecule has 0 bridgehead atoms. The van der Waals surface area contributed by atoms with Crippen LogP contribution in [0, 0.1) is 16.7 Å². The lowest BCUT2D eigenvalue weighted by Gasteiger charge is -2.35. The molecular weight excluding hydrogens is 294 g/mol. The third-order valence-electron chi connectivity index (χ3n) is 4.83. The Hall–Kier alpha value is -1.75. The largest absolute Gasteiger partial charge is 0.392 e. The van der Waals surface area contributed by atoms with Gasteiger partial charge >= 0.3 is 0 Å². The molecule has 2 aliphatic heterocycles. The Kier molecular flexibility index (Phi) is 4.76. The van der Waals surface area contributed by atoms with Gasteiger partial charge in [-0.05, 0) is 31.2 Å². The lowest BCUT2D eigenvalue weighted by molar-refractivity contribution is 0.00498. The molecule has 0 saturated carbocycles. The Morgan fingerprint density at radius 1 is 1.48 bits per heavy atom. The second-order valence-corrected chi connectivity index (χ2v) is 6.55. The van der Waals surface area contributed by atoms with Crippen molar-refractivity contribution >= 4 is 5.95 Å². The Balaban J connectivity index is 1.58. The molecule has 0 spiro atoms. The minimum Gasteiger partial charge on any atom is -0.392 e. The number of aliphatic hydroxyl groups excluding tert-OH is 1. The molecule has 3 heterocycles. The lowest BCUT2D eigenvalue weighted by Crippen LogP contribution is -2.40. The van der Waals surface area contributed by atoms with Crippen molar-refractivity contribution in [3.05, 3.63) is 17.5 Å². The molecule has 0 radical (unpaired) electrons. The number of hydrogen-bond donors (Lipinski definition) is 2. The predicted molar refractivity (Wildman–Crippen MR) is 84.1 cm³/mol. The Labute approximate surface area is 136 Å². The third kappa shape index (κ3) is 3.78. The highest BCUT2D eigenvalue weighted by atomic mass is 16.5. The number of ether oxygens (including phenoxy) is 1. The van der Waals surface area contributed by atoms with Crippen LogP contribution in [0.4, 0.5) is 5.95 Å². The second kappa shape index (κ2) is 6.79. The monoisotopic (exact) mass is 317 g/mol. The van der Waals surface area contributed by atoms with Crippen LogP contribution in [0.1, 0.15) is 30.5 Å². The van der Waals surface area contributed by atoms with Crippen molar-refractivity contribution in [2.75, 3.05) is 32.0 Å². The number of fused-ring (bicyclic) bond motifs is 1. The molecule has 0 amide bonds. The molecule has 1 fully saturated rings. The molecule has 7 heteroatoms. The number of nitrogens with two attached hydrogens (primary N) is 1. The van der Waals surface area contributed by atoms with E-state index in [1.807, 2.05) is 0 Å². The van der Waals surface area contributed by atoms with E-state index in [0.29, 0.717) is 45.6 Å². The van der Waals surface area contributed by atoms with Gasteiger partial charge in [0, 0.05) is 39.0 Å². The van der Waals surface area contributed by atoms with E-state index in [9.17, 15) is 10.4 Å². The summed E-state index contributed by atoms with van der Waals surface area (Å²) in [6, 6.07) is 2.41. The first-order valence-electron chi connectivity index (χ1n) is 8.10. The number of rotatable bonds is 4. The number of β-amino-alcohol motifs (C(OH)–C–C–N with tert-alkyl or cyclic N) is 1. The summed E-state index contributed by atoms with van der Waals surface area (Å²) in [5, 5.41) is 20.0. The van der Waals surface area contributed by atoms with Crippen molar-refractivity contribution in [3.8, 4) is 6.07 Å². The highest BCUT2D eigenvalue weighted by Gasteiger charge is 2.35. The molecule has 0 aliphatic carbocycles. The fraction of sp³-hybridized carbons (Fsp3) is 0.688. The van der Waals surface area contributed by atoms with E-state index in [1.165, 1.54) is 0 Å². The summed E-state index contributed by atoms with van der Waals surface area (Å²) >= 11 is 0. The molecule has 124 valence electrons. The van der Waals surface area contributed by atoms with Crippen LogP contribution in [0.25, 0.3) is 0 Å². The third-order valence-corrected chi connectivity index (χ3v) is 4.83. The second-order valence-electron chi connectivity index (χ2n) is 6.55. The zero-order valence-electron chi connectivity index (χ0n) is 13.2. The average molecular weight is 317 g/mol. The topological polar surface area (TPSA) is 108 Å². The summed E-state index contributed by atoms with van der Waals surface area (Å²) in [4.78, 5) is 10.5. The van der Waals surface area contributed by atoms with Crippen molar-refractivity contribution in [1.82, 2.24) is 14.9 Å². The number of nitrogens with zero attached hydrogens (tertiary/aromatic N) is 4. The lowest BCUT2D eigenvalue weighted by atomic mass is 9.77. The van der Waals surface area contributed by atoms with Crippen LogP contribution >= 0.6 is 0 Å². The molecule has 1 saturated heterocycles. The fourth-order valence-electron chi connectivity index (χ4n) is 3.47. The summed E-state index contributed by atoms with van der Waals surface area (Å²) < 4.78 is 5.34. The van der Waals surface area contributed by atoms with Crippen molar-refractivity contribution < 1.29 is 9.84 Å². The number of aliphatic hydroxyl groups is 1. The summed E-state index contributed by atoms with van der Waals surface area (Å²) in [5.41, 5.74) is 7.27. The SMILES string of the molecule is N#CC1(CC(O)CN2CCc3cnc(N)nc3C2)CCOCC1. The first kappa shape index (κ1) is 16.1. The van der Waals surface area contributed by atoms with Crippen molar-refractivity contribution in [2.24, 2.45) is 5.41 Å². The first-order chi connectivity index (χ1) is 11.1. The van der Waals surface area contributed by atoms with Crippen molar-refractivity contribution in [2.45, 2.75) is 38.3 Å². The molecule has 23 heavy (non-hydrogen) atoms.